The molecule has 5 atom stereocenters. The third-order valence-corrected chi connectivity index (χ3v) is 6.89. The van der Waals surface area contributed by atoms with Crippen LogP contribution in [0.4, 0.5) is 0 Å². The molecule has 0 aromatic carbocycles. The van der Waals surface area contributed by atoms with Crippen LogP contribution < -0.4 is 0 Å². The molecule has 0 unspecified atom stereocenters. The summed E-state index contributed by atoms with van der Waals surface area (Å²) in [5, 5.41) is 20.3. The van der Waals surface area contributed by atoms with Gasteiger partial charge in [0.1, 0.15) is 0 Å². The molecule has 0 aromatic rings. The Bertz CT molecular complexity index is 338. The molecule has 0 aromatic heterocycles. The molecule has 0 saturated heterocycles. The van der Waals surface area contributed by atoms with Crippen LogP contribution in [-0.2, 0) is 0 Å². The SMILES string of the molecule is C[C@H]1CC[C@@H]2C(C)(C)[C@@H]3C[C@]21CC[C@@]3(O)CO. The Hall–Kier alpha value is -0.0800. The second-order valence-corrected chi connectivity index (χ2v) is 7.60. The van der Waals surface area contributed by atoms with E-state index in [1.54, 1.807) is 0 Å². The number of hydrogen-bond acceptors (Lipinski definition) is 2. The quantitative estimate of drug-likeness (QED) is 0.737. The van der Waals surface area contributed by atoms with Crippen molar-refractivity contribution in [3.63, 3.8) is 0 Å². The van der Waals surface area contributed by atoms with Crippen molar-refractivity contribution >= 4 is 0 Å². The van der Waals surface area contributed by atoms with Crippen molar-refractivity contribution in [1.82, 2.24) is 0 Å². The Morgan fingerprint density at radius 2 is 1.82 bits per heavy atom. The molecule has 0 amide bonds. The number of rotatable bonds is 1. The Kier molecular flexibility index (Phi) is 2.30. The van der Waals surface area contributed by atoms with Crippen LogP contribution in [0.25, 0.3) is 0 Å². The topological polar surface area (TPSA) is 40.5 Å². The van der Waals surface area contributed by atoms with E-state index in [0.717, 1.165) is 31.1 Å². The Labute approximate surface area is 104 Å². The summed E-state index contributed by atoms with van der Waals surface area (Å²) in [5.74, 6) is 1.86. The number of aliphatic hydroxyl groups is 2. The lowest BCUT2D eigenvalue weighted by atomic mass is 9.64. The minimum atomic E-state index is -0.807. The van der Waals surface area contributed by atoms with E-state index in [1.807, 2.05) is 0 Å². The van der Waals surface area contributed by atoms with Gasteiger partial charge in [-0.1, -0.05) is 20.8 Å². The van der Waals surface area contributed by atoms with Crippen LogP contribution in [0.15, 0.2) is 0 Å². The van der Waals surface area contributed by atoms with E-state index >= 15 is 0 Å². The van der Waals surface area contributed by atoms with E-state index in [-0.39, 0.29) is 12.0 Å². The van der Waals surface area contributed by atoms with Gasteiger partial charge >= 0.3 is 0 Å². The van der Waals surface area contributed by atoms with E-state index < -0.39 is 5.60 Å². The molecule has 98 valence electrons. The van der Waals surface area contributed by atoms with Crippen LogP contribution >= 0.6 is 0 Å². The average Bonchev–Trinajstić information content (AvgIpc) is 2.70. The van der Waals surface area contributed by atoms with Crippen molar-refractivity contribution in [2.75, 3.05) is 6.61 Å². The zero-order valence-electron chi connectivity index (χ0n) is 11.4. The lowest BCUT2D eigenvalue weighted by molar-refractivity contribution is -0.115. The van der Waals surface area contributed by atoms with Gasteiger partial charge in [-0.2, -0.15) is 0 Å². The van der Waals surface area contributed by atoms with Gasteiger partial charge in [-0.05, 0) is 60.7 Å². The van der Waals surface area contributed by atoms with Gasteiger partial charge < -0.3 is 10.2 Å². The highest BCUT2D eigenvalue weighted by Crippen LogP contribution is 2.73. The minimum Gasteiger partial charge on any atom is -0.393 e. The van der Waals surface area contributed by atoms with Crippen LogP contribution in [0, 0.1) is 28.6 Å². The van der Waals surface area contributed by atoms with Crippen LogP contribution in [0.5, 0.6) is 0 Å². The molecule has 0 radical (unpaired) electrons. The van der Waals surface area contributed by atoms with Gasteiger partial charge in [-0.25, -0.2) is 0 Å². The molecule has 3 aliphatic rings. The van der Waals surface area contributed by atoms with E-state index in [2.05, 4.69) is 20.8 Å². The van der Waals surface area contributed by atoms with Gasteiger partial charge in [0.05, 0.1) is 12.2 Å². The van der Waals surface area contributed by atoms with Crippen LogP contribution in [-0.4, -0.2) is 22.4 Å². The molecule has 2 nitrogen and oxygen atoms in total. The zero-order chi connectivity index (χ0) is 12.5. The zero-order valence-corrected chi connectivity index (χ0v) is 11.4. The molecule has 2 bridgehead atoms. The molecule has 3 rings (SSSR count). The maximum absolute atomic E-state index is 10.7. The second kappa shape index (κ2) is 3.27. The molecule has 3 aliphatic carbocycles. The van der Waals surface area contributed by atoms with E-state index in [4.69, 9.17) is 0 Å². The largest absolute Gasteiger partial charge is 0.393 e. The third-order valence-electron chi connectivity index (χ3n) is 6.89. The van der Waals surface area contributed by atoms with Crippen LogP contribution in [0.3, 0.4) is 0 Å². The second-order valence-electron chi connectivity index (χ2n) is 7.60. The fourth-order valence-electron chi connectivity index (χ4n) is 5.90. The monoisotopic (exact) mass is 238 g/mol. The van der Waals surface area contributed by atoms with Crippen molar-refractivity contribution < 1.29 is 10.2 Å². The first-order valence-corrected chi connectivity index (χ1v) is 7.20. The fraction of sp³-hybridized carbons (Fsp3) is 1.00. The Morgan fingerprint density at radius 1 is 1.12 bits per heavy atom. The summed E-state index contributed by atoms with van der Waals surface area (Å²) in [5.41, 5.74) is -0.132. The van der Waals surface area contributed by atoms with Gasteiger partial charge in [0.25, 0.3) is 0 Å². The molecule has 2 N–H and O–H groups in total. The van der Waals surface area contributed by atoms with Crippen LogP contribution in [0.2, 0.25) is 0 Å². The van der Waals surface area contributed by atoms with Gasteiger partial charge in [-0.15, -0.1) is 0 Å². The first-order chi connectivity index (χ1) is 7.87. The highest BCUT2D eigenvalue weighted by atomic mass is 16.3. The normalized spacial score (nSPS) is 55.9. The Morgan fingerprint density at radius 3 is 2.47 bits per heavy atom. The van der Waals surface area contributed by atoms with Crippen molar-refractivity contribution in [1.29, 1.82) is 0 Å². The predicted octanol–water partition coefficient (Wildman–Crippen LogP) is 2.58. The summed E-state index contributed by atoms with van der Waals surface area (Å²) in [4.78, 5) is 0. The Balaban J connectivity index is 2.04. The molecule has 0 heterocycles. The van der Waals surface area contributed by atoms with Crippen molar-refractivity contribution in [2.45, 2.75) is 58.5 Å². The number of aliphatic hydroxyl groups excluding tert-OH is 1. The first kappa shape index (κ1) is 12.0. The number of hydrogen-bond donors (Lipinski definition) is 2. The van der Waals surface area contributed by atoms with E-state index in [1.165, 1.54) is 12.8 Å². The molecule has 3 saturated carbocycles. The molecule has 2 heteroatoms. The lowest BCUT2D eigenvalue weighted by Crippen LogP contribution is -2.49. The highest BCUT2D eigenvalue weighted by Gasteiger charge is 2.68. The highest BCUT2D eigenvalue weighted by molar-refractivity contribution is 5.17. The van der Waals surface area contributed by atoms with E-state index in [9.17, 15) is 10.2 Å². The average molecular weight is 238 g/mol. The van der Waals surface area contributed by atoms with Gasteiger partial charge in [0.2, 0.25) is 0 Å². The van der Waals surface area contributed by atoms with Gasteiger partial charge in [-0.3, -0.25) is 0 Å². The third kappa shape index (κ3) is 1.24. The smallest absolute Gasteiger partial charge is 0.0910 e. The molecule has 17 heavy (non-hydrogen) atoms. The fourth-order valence-corrected chi connectivity index (χ4v) is 5.90. The first-order valence-electron chi connectivity index (χ1n) is 7.20. The van der Waals surface area contributed by atoms with Gasteiger partial charge in [0.15, 0.2) is 0 Å². The van der Waals surface area contributed by atoms with Crippen LogP contribution in [0.1, 0.15) is 52.9 Å². The number of fused-ring (bicyclic) bond motifs is 1. The standard InChI is InChI=1S/C15H26O2/c1-10-4-5-11-13(2,3)12-8-14(10,11)6-7-15(12,17)9-16/h10-12,16-17H,4-9H2,1-3H3/t10-,11+,12-,14-,15+/m0/s1. The molecular formula is C15H26O2. The summed E-state index contributed by atoms with van der Waals surface area (Å²) >= 11 is 0. The van der Waals surface area contributed by atoms with Crippen molar-refractivity contribution in [3.8, 4) is 0 Å². The minimum absolute atomic E-state index is 0.0573. The summed E-state index contributed by atoms with van der Waals surface area (Å²) in [7, 11) is 0. The maximum Gasteiger partial charge on any atom is 0.0910 e. The van der Waals surface area contributed by atoms with E-state index in [0.29, 0.717) is 11.3 Å². The predicted molar refractivity (Wildman–Crippen MR) is 67.5 cm³/mol. The molecular weight excluding hydrogens is 212 g/mol. The van der Waals surface area contributed by atoms with Crippen molar-refractivity contribution in [3.05, 3.63) is 0 Å². The summed E-state index contributed by atoms with van der Waals surface area (Å²) in [6, 6.07) is 0. The maximum atomic E-state index is 10.7. The molecule has 0 aliphatic heterocycles. The molecule has 3 fully saturated rings. The summed E-state index contributed by atoms with van der Waals surface area (Å²) < 4.78 is 0. The lowest BCUT2D eigenvalue weighted by Gasteiger charge is -2.45. The van der Waals surface area contributed by atoms with Crippen molar-refractivity contribution in [2.24, 2.45) is 28.6 Å². The molecule has 1 spiro atoms. The summed E-state index contributed by atoms with van der Waals surface area (Å²) in [6.45, 7) is 7.00. The summed E-state index contributed by atoms with van der Waals surface area (Å²) in [6.07, 6.45) is 5.75. The van der Waals surface area contributed by atoms with Gasteiger partial charge in [0, 0.05) is 0 Å².